The monoisotopic (exact) mass is 222 g/mol. The molecule has 0 amide bonds. The molecule has 0 unspecified atom stereocenters. The number of hydrogen-bond acceptors (Lipinski definition) is 1. The molecule has 0 spiro atoms. The summed E-state index contributed by atoms with van der Waals surface area (Å²) in [5.41, 5.74) is 0. The van der Waals surface area contributed by atoms with Gasteiger partial charge in [-0.05, 0) is 28.1 Å². The fourth-order valence-corrected chi connectivity index (χ4v) is 0.993. The molecule has 4 heteroatoms. The third kappa shape index (κ3) is 1.50. The van der Waals surface area contributed by atoms with Crippen LogP contribution in [0.4, 0.5) is 8.78 Å². The van der Waals surface area contributed by atoms with Gasteiger partial charge in [0, 0.05) is 0 Å². The van der Waals surface area contributed by atoms with Crippen LogP contribution in [0.2, 0.25) is 0 Å². The lowest BCUT2D eigenvalue weighted by molar-refractivity contribution is 0.382. The Kier molecular flexibility index (Phi) is 2.44. The van der Waals surface area contributed by atoms with Gasteiger partial charge in [0.1, 0.15) is 5.82 Å². The van der Waals surface area contributed by atoms with E-state index in [1.165, 1.54) is 13.2 Å². The molecule has 1 nitrogen and oxygen atoms in total. The van der Waals surface area contributed by atoms with Gasteiger partial charge in [0.2, 0.25) is 0 Å². The largest absolute Gasteiger partial charge is 0.494 e. The molecule has 0 saturated carbocycles. The van der Waals surface area contributed by atoms with Crippen molar-refractivity contribution in [3.63, 3.8) is 0 Å². The minimum Gasteiger partial charge on any atom is -0.494 e. The summed E-state index contributed by atoms with van der Waals surface area (Å²) in [6.45, 7) is 0. The fraction of sp³-hybridized carbons (Fsp3) is 0.143. The van der Waals surface area contributed by atoms with Crippen molar-refractivity contribution in [1.29, 1.82) is 0 Å². The van der Waals surface area contributed by atoms with Crippen LogP contribution in [0, 0.1) is 11.6 Å². The Morgan fingerprint density at radius 1 is 1.36 bits per heavy atom. The Morgan fingerprint density at radius 2 is 2.00 bits per heavy atom. The fourth-order valence-electron chi connectivity index (χ4n) is 0.666. The highest BCUT2D eigenvalue weighted by molar-refractivity contribution is 9.10. The molecular weight excluding hydrogens is 218 g/mol. The molecule has 0 atom stereocenters. The molecule has 0 radical (unpaired) electrons. The van der Waals surface area contributed by atoms with E-state index in [0.29, 0.717) is 0 Å². The maximum Gasteiger partial charge on any atom is 0.182 e. The lowest BCUT2D eigenvalue weighted by Gasteiger charge is -2.02. The summed E-state index contributed by atoms with van der Waals surface area (Å²) < 4.78 is 29.8. The third-order valence-corrected chi connectivity index (χ3v) is 1.95. The SMILES string of the molecule is COc1ccc(F)c(Br)c1F. The molecular formula is C7H5BrF2O. The number of rotatable bonds is 1. The van der Waals surface area contributed by atoms with Crippen molar-refractivity contribution in [2.75, 3.05) is 7.11 Å². The molecule has 1 aromatic carbocycles. The molecule has 0 N–H and O–H groups in total. The van der Waals surface area contributed by atoms with Crippen molar-refractivity contribution in [1.82, 2.24) is 0 Å². The molecule has 0 aliphatic carbocycles. The molecule has 0 aliphatic heterocycles. The normalized spacial score (nSPS) is 9.82. The Labute approximate surface area is 71.1 Å². The highest BCUT2D eigenvalue weighted by Gasteiger charge is 2.10. The number of methoxy groups -OCH3 is 1. The van der Waals surface area contributed by atoms with Gasteiger partial charge in [-0.25, -0.2) is 8.78 Å². The molecule has 60 valence electrons. The summed E-state index contributed by atoms with van der Waals surface area (Å²) in [5, 5.41) is 0. The maximum absolute atomic E-state index is 12.9. The molecule has 0 aromatic heterocycles. The molecule has 0 fully saturated rings. The summed E-state index contributed by atoms with van der Waals surface area (Å²) in [6.07, 6.45) is 0. The second kappa shape index (κ2) is 3.17. The predicted molar refractivity (Wildman–Crippen MR) is 40.6 cm³/mol. The van der Waals surface area contributed by atoms with Crippen LogP contribution in [-0.4, -0.2) is 7.11 Å². The quantitative estimate of drug-likeness (QED) is 0.665. The van der Waals surface area contributed by atoms with Crippen LogP contribution in [0.3, 0.4) is 0 Å². The molecule has 1 rings (SSSR count). The maximum atomic E-state index is 12.9. The Hall–Kier alpha value is -0.640. The van der Waals surface area contributed by atoms with Crippen LogP contribution in [0.5, 0.6) is 5.75 Å². The number of ether oxygens (including phenoxy) is 1. The van der Waals surface area contributed by atoms with E-state index in [1.54, 1.807) is 0 Å². The van der Waals surface area contributed by atoms with E-state index in [1.807, 2.05) is 0 Å². The summed E-state index contributed by atoms with van der Waals surface area (Å²) in [7, 11) is 1.32. The standard InChI is InChI=1S/C7H5BrF2O/c1-11-5-3-2-4(9)6(8)7(5)10/h2-3H,1H3. The molecule has 0 aliphatic rings. The van der Waals surface area contributed by atoms with Gasteiger partial charge in [-0.3, -0.25) is 0 Å². The highest BCUT2D eigenvalue weighted by Crippen LogP contribution is 2.26. The van der Waals surface area contributed by atoms with Crippen molar-refractivity contribution in [2.45, 2.75) is 0 Å². The van der Waals surface area contributed by atoms with E-state index in [0.717, 1.165) is 6.07 Å². The van der Waals surface area contributed by atoms with Gasteiger partial charge in [-0.2, -0.15) is 0 Å². The van der Waals surface area contributed by atoms with Crippen LogP contribution in [-0.2, 0) is 0 Å². The Balaban J connectivity index is 3.25. The number of halogens is 3. The average molecular weight is 223 g/mol. The van der Waals surface area contributed by atoms with Crippen LogP contribution in [0.15, 0.2) is 16.6 Å². The van der Waals surface area contributed by atoms with Gasteiger partial charge in [-0.15, -0.1) is 0 Å². The Morgan fingerprint density at radius 3 is 2.55 bits per heavy atom. The predicted octanol–water partition coefficient (Wildman–Crippen LogP) is 2.74. The van der Waals surface area contributed by atoms with Crippen LogP contribution in [0.25, 0.3) is 0 Å². The van der Waals surface area contributed by atoms with Gasteiger partial charge >= 0.3 is 0 Å². The smallest absolute Gasteiger partial charge is 0.182 e. The number of benzene rings is 1. The van der Waals surface area contributed by atoms with E-state index in [-0.39, 0.29) is 10.2 Å². The minimum absolute atomic E-state index is 0.0262. The van der Waals surface area contributed by atoms with E-state index in [2.05, 4.69) is 20.7 Å². The lowest BCUT2D eigenvalue weighted by atomic mass is 10.3. The summed E-state index contributed by atoms with van der Waals surface area (Å²) >= 11 is 2.74. The zero-order valence-electron chi connectivity index (χ0n) is 5.70. The van der Waals surface area contributed by atoms with Gasteiger partial charge in [0.15, 0.2) is 11.6 Å². The van der Waals surface area contributed by atoms with E-state index < -0.39 is 11.6 Å². The zero-order chi connectivity index (χ0) is 8.43. The van der Waals surface area contributed by atoms with Crippen molar-refractivity contribution in [3.05, 3.63) is 28.2 Å². The molecule has 11 heavy (non-hydrogen) atoms. The lowest BCUT2D eigenvalue weighted by Crippen LogP contribution is -1.90. The van der Waals surface area contributed by atoms with Crippen LogP contribution < -0.4 is 4.74 Å². The first-order valence-corrected chi connectivity index (χ1v) is 3.63. The molecule has 0 heterocycles. The highest BCUT2D eigenvalue weighted by atomic mass is 79.9. The minimum atomic E-state index is -0.715. The van der Waals surface area contributed by atoms with E-state index in [9.17, 15) is 8.78 Å². The summed E-state index contributed by atoms with van der Waals surface area (Å²) in [4.78, 5) is 0. The van der Waals surface area contributed by atoms with Gasteiger partial charge in [-0.1, -0.05) is 0 Å². The molecule has 0 saturated heterocycles. The molecule has 1 aromatic rings. The number of hydrogen-bond donors (Lipinski definition) is 0. The molecule has 0 bridgehead atoms. The second-order valence-corrected chi connectivity index (χ2v) is 2.67. The second-order valence-electron chi connectivity index (χ2n) is 1.88. The van der Waals surface area contributed by atoms with Gasteiger partial charge < -0.3 is 4.74 Å². The van der Waals surface area contributed by atoms with E-state index in [4.69, 9.17) is 0 Å². The van der Waals surface area contributed by atoms with E-state index >= 15 is 0 Å². The third-order valence-electron chi connectivity index (χ3n) is 1.22. The van der Waals surface area contributed by atoms with Crippen molar-refractivity contribution >= 4 is 15.9 Å². The summed E-state index contributed by atoms with van der Waals surface area (Å²) in [6, 6.07) is 2.36. The Bertz CT molecular complexity index is 275. The zero-order valence-corrected chi connectivity index (χ0v) is 7.28. The topological polar surface area (TPSA) is 9.23 Å². The average Bonchev–Trinajstić information content (AvgIpc) is 2.01. The van der Waals surface area contributed by atoms with Crippen molar-refractivity contribution < 1.29 is 13.5 Å². The first kappa shape index (κ1) is 8.46. The van der Waals surface area contributed by atoms with Crippen LogP contribution in [0.1, 0.15) is 0 Å². The first-order chi connectivity index (χ1) is 5.16. The van der Waals surface area contributed by atoms with Crippen molar-refractivity contribution in [2.24, 2.45) is 0 Å². The first-order valence-electron chi connectivity index (χ1n) is 2.84. The van der Waals surface area contributed by atoms with Crippen LogP contribution >= 0.6 is 15.9 Å². The summed E-state index contributed by atoms with van der Waals surface area (Å²) in [5.74, 6) is -1.32. The van der Waals surface area contributed by atoms with Gasteiger partial charge in [0.05, 0.1) is 11.6 Å². The van der Waals surface area contributed by atoms with Gasteiger partial charge in [0.25, 0.3) is 0 Å². The van der Waals surface area contributed by atoms with Crippen molar-refractivity contribution in [3.8, 4) is 5.75 Å².